The van der Waals surface area contributed by atoms with Gasteiger partial charge in [-0.2, -0.15) is 0 Å². The Balaban J connectivity index is 0. The molecule has 4 heteroatoms. The van der Waals surface area contributed by atoms with Crippen molar-refractivity contribution >= 4 is 9.84 Å². The minimum atomic E-state index is -2.66. The van der Waals surface area contributed by atoms with Gasteiger partial charge in [-0.05, 0) is 13.8 Å². The number of sulfone groups is 1. The maximum absolute atomic E-state index is 10.4. The summed E-state index contributed by atoms with van der Waals surface area (Å²) in [7, 11) is -2.66. The highest BCUT2D eigenvalue weighted by molar-refractivity contribution is 7.91. The zero-order chi connectivity index (χ0) is 10.0. The summed E-state index contributed by atoms with van der Waals surface area (Å²) in [4.78, 5) is 0. The second kappa shape index (κ2) is 9.00. The van der Waals surface area contributed by atoms with Crippen molar-refractivity contribution in [3.8, 4) is 0 Å². The maximum atomic E-state index is 10.4. The molecule has 0 aromatic heterocycles. The Kier molecular flexibility index (Phi) is 10.8. The quantitative estimate of drug-likeness (QED) is 0.684. The van der Waals surface area contributed by atoms with Crippen molar-refractivity contribution in [1.29, 1.82) is 0 Å². The Morgan fingerprint density at radius 1 is 0.917 bits per heavy atom. The third kappa shape index (κ3) is 12.6. The second-order valence-electron chi connectivity index (χ2n) is 2.10. The Hall–Kier alpha value is -0.0900. The van der Waals surface area contributed by atoms with E-state index < -0.39 is 9.84 Å². The van der Waals surface area contributed by atoms with Gasteiger partial charge < -0.3 is 4.74 Å². The summed E-state index contributed by atoms with van der Waals surface area (Å²) in [5, 5.41) is 0. The molecule has 0 aliphatic carbocycles. The third-order valence-corrected chi connectivity index (χ3v) is 3.05. The van der Waals surface area contributed by atoms with E-state index in [1.807, 2.05) is 13.8 Å². The Morgan fingerprint density at radius 2 is 1.25 bits per heavy atom. The predicted octanol–water partition coefficient (Wildman–Crippen LogP) is 1.48. The van der Waals surface area contributed by atoms with Crippen LogP contribution in [0.1, 0.15) is 27.7 Å². The summed E-state index contributed by atoms with van der Waals surface area (Å²) in [6, 6.07) is 0. The van der Waals surface area contributed by atoms with Crippen molar-refractivity contribution < 1.29 is 13.2 Å². The molecule has 0 aromatic rings. The van der Waals surface area contributed by atoms with Crippen LogP contribution < -0.4 is 0 Å². The van der Waals surface area contributed by atoms with Crippen LogP contribution in [0.15, 0.2) is 0 Å². The fourth-order valence-corrected chi connectivity index (χ4v) is 0.816. The Labute approximate surface area is 76.0 Å². The minimum Gasteiger partial charge on any atom is -0.382 e. The van der Waals surface area contributed by atoms with Crippen molar-refractivity contribution in [3.63, 3.8) is 0 Å². The molecule has 0 saturated heterocycles. The molecule has 0 radical (unpaired) electrons. The maximum Gasteiger partial charge on any atom is 0.149 e. The van der Waals surface area contributed by atoms with Gasteiger partial charge in [0.15, 0.2) is 0 Å². The molecule has 0 saturated carbocycles. The van der Waals surface area contributed by atoms with Crippen molar-refractivity contribution in [1.82, 2.24) is 0 Å². The molecule has 12 heavy (non-hydrogen) atoms. The van der Waals surface area contributed by atoms with Gasteiger partial charge in [-0.3, -0.25) is 0 Å². The molecule has 0 N–H and O–H groups in total. The third-order valence-electron chi connectivity index (χ3n) is 1.29. The molecular weight excluding hydrogens is 176 g/mol. The predicted molar refractivity (Wildman–Crippen MR) is 52.2 cm³/mol. The van der Waals surface area contributed by atoms with Gasteiger partial charge in [-0.25, -0.2) is 8.42 Å². The molecule has 0 aromatic carbocycles. The van der Waals surface area contributed by atoms with Gasteiger partial charge in [-0.15, -0.1) is 0 Å². The monoisotopic (exact) mass is 196 g/mol. The van der Waals surface area contributed by atoms with E-state index in [-0.39, 0.29) is 11.5 Å². The minimum absolute atomic E-state index is 0.267. The van der Waals surface area contributed by atoms with Crippen LogP contribution in [0.5, 0.6) is 0 Å². The van der Waals surface area contributed by atoms with Crippen molar-refractivity contribution in [3.05, 3.63) is 0 Å². The molecule has 0 rings (SSSR count). The van der Waals surface area contributed by atoms with E-state index in [9.17, 15) is 8.42 Å². The number of rotatable bonds is 4. The first-order chi connectivity index (χ1) is 5.54. The van der Waals surface area contributed by atoms with Crippen LogP contribution in [0, 0.1) is 0 Å². The Morgan fingerprint density at radius 3 is 1.25 bits per heavy atom. The van der Waals surface area contributed by atoms with E-state index in [0.717, 1.165) is 13.2 Å². The first-order valence-electron chi connectivity index (χ1n) is 4.32. The van der Waals surface area contributed by atoms with E-state index in [1.165, 1.54) is 0 Å². The fourth-order valence-electron chi connectivity index (χ4n) is 0.408. The number of hydrogen-bond acceptors (Lipinski definition) is 3. The number of hydrogen-bond donors (Lipinski definition) is 0. The topological polar surface area (TPSA) is 43.4 Å². The molecule has 0 aliphatic rings. The number of ether oxygens (including phenoxy) is 1. The lowest BCUT2D eigenvalue weighted by atomic mass is 10.8. The molecule has 3 nitrogen and oxygen atoms in total. The molecule has 0 fully saturated rings. The zero-order valence-electron chi connectivity index (χ0n) is 8.46. The van der Waals surface area contributed by atoms with E-state index in [2.05, 4.69) is 0 Å². The molecular formula is C8H20O3S. The van der Waals surface area contributed by atoms with E-state index in [4.69, 9.17) is 4.74 Å². The van der Waals surface area contributed by atoms with E-state index in [1.54, 1.807) is 13.8 Å². The van der Waals surface area contributed by atoms with E-state index >= 15 is 0 Å². The molecule has 76 valence electrons. The average Bonchev–Trinajstić information content (AvgIpc) is 2.07. The Bertz CT molecular complexity index is 149. The molecule has 0 unspecified atom stereocenters. The van der Waals surface area contributed by atoms with Crippen LogP contribution in [0.2, 0.25) is 0 Å². The molecule has 0 bridgehead atoms. The molecule has 0 amide bonds. The summed E-state index contributed by atoms with van der Waals surface area (Å²) in [6.45, 7) is 8.97. The first-order valence-corrected chi connectivity index (χ1v) is 6.14. The van der Waals surface area contributed by atoms with Gasteiger partial charge in [0.05, 0.1) is 0 Å². The van der Waals surface area contributed by atoms with Crippen molar-refractivity contribution in [2.75, 3.05) is 24.7 Å². The lowest BCUT2D eigenvalue weighted by molar-refractivity contribution is 0.162. The van der Waals surface area contributed by atoms with Gasteiger partial charge in [-0.1, -0.05) is 13.8 Å². The van der Waals surface area contributed by atoms with Gasteiger partial charge >= 0.3 is 0 Å². The zero-order valence-corrected chi connectivity index (χ0v) is 9.28. The highest BCUT2D eigenvalue weighted by Crippen LogP contribution is 1.84. The summed E-state index contributed by atoms with van der Waals surface area (Å²) in [5.41, 5.74) is 0. The second-order valence-corrected chi connectivity index (χ2v) is 4.74. The molecule has 0 atom stereocenters. The first kappa shape index (κ1) is 14.4. The van der Waals surface area contributed by atoms with Crippen LogP contribution in [0.25, 0.3) is 0 Å². The van der Waals surface area contributed by atoms with Crippen LogP contribution in [-0.2, 0) is 14.6 Å². The van der Waals surface area contributed by atoms with Gasteiger partial charge in [0.1, 0.15) is 9.84 Å². The fraction of sp³-hybridized carbons (Fsp3) is 1.00. The van der Waals surface area contributed by atoms with Gasteiger partial charge in [0.2, 0.25) is 0 Å². The largest absolute Gasteiger partial charge is 0.382 e. The van der Waals surface area contributed by atoms with Crippen molar-refractivity contribution in [2.24, 2.45) is 0 Å². The standard InChI is InChI=1S/C4H10O2S.C4H10O/c1-3-7(5,6)4-2;1-3-5-4-2/h3-4H2,1-2H3;3-4H2,1-2H3. The summed E-state index contributed by atoms with van der Waals surface area (Å²) in [6.07, 6.45) is 0. The average molecular weight is 196 g/mol. The highest BCUT2D eigenvalue weighted by atomic mass is 32.2. The van der Waals surface area contributed by atoms with Gasteiger partial charge in [0, 0.05) is 24.7 Å². The van der Waals surface area contributed by atoms with E-state index in [0.29, 0.717) is 0 Å². The molecule has 0 heterocycles. The summed E-state index contributed by atoms with van der Waals surface area (Å²) in [5.74, 6) is 0.535. The van der Waals surface area contributed by atoms with Crippen LogP contribution in [-0.4, -0.2) is 33.1 Å². The van der Waals surface area contributed by atoms with Crippen LogP contribution >= 0.6 is 0 Å². The normalized spacial score (nSPS) is 10.3. The lowest BCUT2D eigenvalue weighted by Crippen LogP contribution is -2.04. The molecule has 0 aliphatic heterocycles. The summed E-state index contributed by atoms with van der Waals surface area (Å²) >= 11 is 0. The highest BCUT2D eigenvalue weighted by Gasteiger charge is 1.99. The van der Waals surface area contributed by atoms with Crippen LogP contribution in [0.4, 0.5) is 0 Å². The molecule has 0 spiro atoms. The summed E-state index contributed by atoms with van der Waals surface area (Å²) < 4.78 is 25.6. The smallest absolute Gasteiger partial charge is 0.149 e. The lowest BCUT2D eigenvalue weighted by Gasteiger charge is -1.89. The van der Waals surface area contributed by atoms with Crippen LogP contribution in [0.3, 0.4) is 0 Å². The van der Waals surface area contributed by atoms with Crippen molar-refractivity contribution in [2.45, 2.75) is 27.7 Å². The SMILES string of the molecule is CCOCC.CCS(=O)(=O)CC. The van der Waals surface area contributed by atoms with Gasteiger partial charge in [0.25, 0.3) is 0 Å².